The largest absolute Gasteiger partial charge is 0.506 e. The van der Waals surface area contributed by atoms with Gasteiger partial charge in [-0.3, -0.25) is 19.0 Å². The highest BCUT2D eigenvalue weighted by atomic mass is 16.5. The Hall–Kier alpha value is -4.47. The molecule has 3 aromatic heterocycles. The van der Waals surface area contributed by atoms with Crippen molar-refractivity contribution in [1.82, 2.24) is 20.0 Å². The van der Waals surface area contributed by atoms with Crippen LogP contribution in [0.15, 0.2) is 64.0 Å². The monoisotopic (exact) mass is 420 g/mol. The average Bonchev–Trinajstić information content (AvgIpc) is 3.25. The minimum atomic E-state index is -1.29. The maximum atomic E-state index is 13.1. The third kappa shape index (κ3) is 3.86. The molecule has 10 nitrogen and oxygen atoms in total. The second kappa shape index (κ2) is 8.11. The number of aliphatic carboxylic acids is 1. The lowest BCUT2D eigenvalue weighted by atomic mass is 10.1. The fourth-order valence-corrected chi connectivity index (χ4v) is 3.15. The molecule has 10 heteroatoms. The summed E-state index contributed by atoms with van der Waals surface area (Å²) in [5.41, 5.74) is 0.109. The number of carboxylic acid groups (broad SMARTS) is 1. The van der Waals surface area contributed by atoms with Crippen LogP contribution >= 0.6 is 0 Å². The molecule has 4 rings (SSSR count). The Bertz CT molecular complexity index is 1340. The predicted octanol–water partition coefficient (Wildman–Crippen LogP) is 1.62. The first-order chi connectivity index (χ1) is 15.0. The van der Waals surface area contributed by atoms with Crippen LogP contribution in [0.5, 0.6) is 5.75 Å². The molecule has 0 atom stereocenters. The number of hydrogen-bond acceptors (Lipinski definition) is 7. The number of hydrogen-bond donors (Lipinski definition) is 3. The molecule has 3 heterocycles. The van der Waals surface area contributed by atoms with Crippen LogP contribution in [0.4, 0.5) is 0 Å². The molecule has 0 fully saturated rings. The van der Waals surface area contributed by atoms with Gasteiger partial charge in [0.1, 0.15) is 29.2 Å². The van der Waals surface area contributed by atoms with E-state index in [0.29, 0.717) is 11.5 Å². The van der Waals surface area contributed by atoms with Crippen LogP contribution < -0.4 is 10.9 Å². The highest BCUT2D eigenvalue weighted by Gasteiger charge is 2.24. The maximum Gasteiger partial charge on any atom is 0.322 e. The van der Waals surface area contributed by atoms with Crippen molar-refractivity contribution in [3.8, 4) is 17.0 Å². The quantitative estimate of drug-likeness (QED) is 0.426. The molecule has 1 aromatic carbocycles. The van der Waals surface area contributed by atoms with Crippen LogP contribution in [0, 0.1) is 0 Å². The molecule has 0 aliphatic carbocycles. The van der Waals surface area contributed by atoms with Gasteiger partial charge in [0, 0.05) is 17.8 Å². The van der Waals surface area contributed by atoms with Crippen molar-refractivity contribution in [3.05, 3.63) is 76.4 Å². The van der Waals surface area contributed by atoms with Gasteiger partial charge in [-0.25, -0.2) is 4.98 Å². The molecule has 4 aromatic rings. The highest BCUT2D eigenvalue weighted by molar-refractivity contribution is 6.02. The van der Waals surface area contributed by atoms with Crippen molar-refractivity contribution in [1.29, 1.82) is 0 Å². The molecule has 0 aliphatic heterocycles. The molecule has 0 spiro atoms. The Morgan fingerprint density at radius 1 is 1.13 bits per heavy atom. The number of amides is 1. The van der Waals surface area contributed by atoms with Gasteiger partial charge in [0.25, 0.3) is 11.5 Å². The van der Waals surface area contributed by atoms with Crippen LogP contribution in [0.2, 0.25) is 0 Å². The van der Waals surface area contributed by atoms with E-state index in [1.165, 1.54) is 22.9 Å². The number of aromatic hydroxyl groups is 1. The summed E-state index contributed by atoms with van der Waals surface area (Å²) in [7, 11) is 0. The Morgan fingerprint density at radius 2 is 1.90 bits per heavy atom. The summed E-state index contributed by atoms with van der Waals surface area (Å²) >= 11 is 0. The molecule has 0 unspecified atom stereocenters. The molecule has 156 valence electrons. The number of fused-ring (bicyclic) bond motifs is 1. The Morgan fingerprint density at radius 3 is 2.65 bits per heavy atom. The zero-order valence-electron chi connectivity index (χ0n) is 16.0. The fraction of sp³-hybridized carbons (Fsp3) is 0.0952. The molecule has 0 bridgehead atoms. The van der Waals surface area contributed by atoms with E-state index in [0.717, 1.165) is 5.56 Å². The first kappa shape index (κ1) is 19.8. The lowest BCUT2D eigenvalue weighted by molar-refractivity contribution is -0.135. The molecule has 0 saturated carbocycles. The van der Waals surface area contributed by atoms with Gasteiger partial charge >= 0.3 is 5.97 Å². The van der Waals surface area contributed by atoms with Crippen LogP contribution in [-0.2, 0) is 11.3 Å². The van der Waals surface area contributed by atoms with Crippen molar-refractivity contribution in [3.63, 3.8) is 0 Å². The zero-order chi connectivity index (χ0) is 22.0. The number of rotatable bonds is 6. The molecular formula is C21H16N4O6. The first-order valence-electron chi connectivity index (χ1n) is 9.17. The van der Waals surface area contributed by atoms with Crippen molar-refractivity contribution >= 4 is 22.9 Å². The third-order valence-electron chi connectivity index (χ3n) is 4.56. The average molecular weight is 420 g/mol. The molecule has 0 radical (unpaired) electrons. The number of aromatic nitrogens is 3. The van der Waals surface area contributed by atoms with Gasteiger partial charge in [-0.15, -0.1) is 0 Å². The number of pyridine rings is 2. The summed E-state index contributed by atoms with van der Waals surface area (Å²) in [6, 6.07) is 14.0. The Kier molecular flexibility index (Phi) is 5.19. The van der Waals surface area contributed by atoms with E-state index in [9.17, 15) is 19.5 Å². The topological polar surface area (TPSA) is 148 Å². The Balaban J connectivity index is 1.79. The highest BCUT2D eigenvalue weighted by Crippen LogP contribution is 2.26. The number of benzene rings is 1. The summed E-state index contributed by atoms with van der Waals surface area (Å²) in [6.45, 7) is -0.809. The summed E-state index contributed by atoms with van der Waals surface area (Å²) < 4.78 is 6.52. The Labute approximate surface area is 174 Å². The van der Waals surface area contributed by atoms with Crippen LogP contribution in [-0.4, -0.2) is 43.3 Å². The van der Waals surface area contributed by atoms with Gasteiger partial charge < -0.3 is 20.1 Å². The normalized spacial score (nSPS) is 10.8. The predicted molar refractivity (Wildman–Crippen MR) is 109 cm³/mol. The summed E-state index contributed by atoms with van der Waals surface area (Å²) in [5, 5.41) is 25.6. The molecule has 0 saturated heterocycles. The fourth-order valence-electron chi connectivity index (χ4n) is 3.15. The SMILES string of the molecule is O=C(O)CNC(=O)c1c(O)c2cccnc2n(Cc2cc(-c3ccccc3)no2)c1=O. The number of nitrogens with one attached hydrogen (secondary N) is 1. The van der Waals surface area contributed by atoms with E-state index in [1.54, 1.807) is 6.07 Å². The van der Waals surface area contributed by atoms with Gasteiger partial charge in [0.15, 0.2) is 5.76 Å². The van der Waals surface area contributed by atoms with Gasteiger partial charge in [0.2, 0.25) is 0 Å². The standard InChI is InChI=1S/C21H16N4O6/c26-16(27)10-23-20(29)17-18(28)14-7-4-8-22-19(14)25(21(17)30)11-13-9-15(24-31-13)12-5-2-1-3-6-12/h1-9,28H,10-11H2,(H,23,29)(H,26,27). The smallest absolute Gasteiger partial charge is 0.322 e. The summed E-state index contributed by atoms with van der Waals surface area (Å²) in [6.07, 6.45) is 1.44. The molecule has 3 N–H and O–H groups in total. The van der Waals surface area contributed by atoms with E-state index in [2.05, 4.69) is 15.5 Å². The van der Waals surface area contributed by atoms with Crippen molar-refractivity contribution in [2.24, 2.45) is 0 Å². The van der Waals surface area contributed by atoms with Crippen LogP contribution in [0.25, 0.3) is 22.3 Å². The van der Waals surface area contributed by atoms with Crippen LogP contribution in [0.1, 0.15) is 16.1 Å². The van der Waals surface area contributed by atoms with E-state index >= 15 is 0 Å². The second-order valence-electron chi connectivity index (χ2n) is 6.61. The van der Waals surface area contributed by atoms with Gasteiger partial charge in [-0.05, 0) is 12.1 Å². The molecule has 1 amide bonds. The van der Waals surface area contributed by atoms with Gasteiger partial charge in [0.05, 0.1) is 11.9 Å². The lowest BCUT2D eigenvalue weighted by Gasteiger charge is -2.12. The second-order valence-corrected chi connectivity index (χ2v) is 6.61. The summed E-state index contributed by atoms with van der Waals surface area (Å²) in [4.78, 5) is 40.4. The molecular weight excluding hydrogens is 404 g/mol. The van der Waals surface area contributed by atoms with E-state index in [4.69, 9.17) is 9.63 Å². The lowest BCUT2D eigenvalue weighted by Crippen LogP contribution is -2.36. The molecule has 31 heavy (non-hydrogen) atoms. The molecule has 0 aliphatic rings. The van der Waals surface area contributed by atoms with E-state index in [-0.39, 0.29) is 17.6 Å². The van der Waals surface area contributed by atoms with E-state index in [1.807, 2.05) is 30.3 Å². The summed E-state index contributed by atoms with van der Waals surface area (Å²) in [5.74, 6) is -2.54. The number of carbonyl (C=O) groups excluding carboxylic acids is 1. The number of carboxylic acids is 1. The first-order valence-corrected chi connectivity index (χ1v) is 9.17. The minimum Gasteiger partial charge on any atom is -0.506 e. The van der Waals surface area contributed by atoms with Gasteiger partial charge in [-0.2, -0.15) is 0 Å². The zero-order valence-corrected chi connectivity index (χ0v) is 16.0. The van der Waals surface area contributed by atoms with Crippen LogP contribution in [0.3, 0.4) is 0 Å². The van der Waals surface area contributed by atoms with Gasteiger partial charge in [-0.1, -0.05) is 35.5 Å². The van der Waals surface area contributed by atoms with Crippen molar-refractivity contribution in [2.75, 3.05) is 6.54 Å². The van der Waals surface area contributed by atoms with Crippen molar-refractivity contribution < 1.29 is 24.3 Å². The third-order valence-corrected chi connectivity index (χ3v) is 4.56. The van der Waals surface area contributed by atoms with Crippen molar-refractivity contribution in [2.45, 2.75) is 6.54 Å². The minimum absolute atomic E-state index is 0.105. The maximum absolute atomic E-state index is 13.1. The van der Waals surface area contributed by atoms with E-state index < -0.39 is 35.3 Å². The number of nitrogens with zero attached hydrogens (tertiary/aromatic N) is 3. The number of carbonyl (C=O) groups is 2.